The molecule has 9 nitrogen and oxygen atoms in total. The molecule has 2 amide bonds. The predicted molar refractivity (Wildman–Crippen MR) is 169 cm³/mol. The Kier molecular flexibility index (Phi) is 12.3. The summed E-state index contributed by atoms with van der Waals surface area (Å²) >= 11 is 12.3. The van der Waals surface area contributed by atoms with Crippen molar-refractivity contribution in [1.82, 2.24) is 10.2 Å². The smallest absolute Gasteiger partial charge is 0.264 e. The van der Waals surface area contributed by atoms with Crippen LogP contribution in [-0.2, 0) is 26.2 Å². The highest BCUT2D eigenvalue weighted by Gasteiger charge is 2.34. The molecule has 0 fully saturated rings. The number of hydrogen-bond acceptors (Lipinski definition) is 6. The van der Waals surface area contributed by atoms with Gasteiger partial charge in [0.2, 0.25) is 11.8 Å². The number of hydrogen-bond donors (Lipinski definition) is 1. The molecular weight excluding hydrogens is 632 g/mol. The summed E-state index contributed by atoms with van der Waals surface area (Å²) in [5.74, 6) is -1.01. The molecular formula is C31H36Cl2FN3O6S. The summed E-state index contributed by atoms with van der Waals surface area (Å²) in [4.78, 5) is 28.6. The first kappa shape index (κ1) is 34.9. The van der Waals surface area contributed by atoms with Gasteiger partial charge in [-0.3, -0.25) is 13.9 Å². The number of rotatable bonds is 14. The van der Waals surface area contributed by atoms with Gasteiger partial charge in [0.05, 0.1) is 34.8 Å². The average Bonchev–Trinajstić information content (AvgIpc) is 3.00. The molecule has 0 aliphatic rings. The SMILES string of the molecule is CCC(C(=O)NCC(C)C)N(Cc1ccc(Cl)c(Cl)c1)C(=O)CN(c1ccc(F)cc1)S(=O)(=O)c1ccc(OC)c(OC)c1. The number of amides is 2. The van der Waals surface area contributed by atoms with Crippen molar-refractivity contribution in [3.63, 3.8) is 0 Å². The fourth-order valence-electron chi connectivity index (χ4n) is 4.42. The molecule has 1 N–H and O–H groups in total. The molecule has 0 saturated heterocycles. The summed E-state index contributed by atoms with van der Waals surface area (Å²) in [5, 5.41) is 3.45. The van der Waals surface area contributed by atoms with Gasteiger partial charge in [-0.15, -0.1) is 0 Å². The first-order chi connectivity index (χ1) is 20.8. The van der Waals surface area contributed by atoms with Crippen molar-refractivity contribution in [3.8, 4) is 11.5 Å². The van der Waals surface area contributed by atoms with Crippen LogP contribution in [0.3, 0.4) is 0 Å². The van der Waals surface area contributed by atoms with Gasteiger partial charge in [-0.05, 0) is 66.4 Å². The fourth-order valence-corrected chi connectivity index (χ4v) is 6.17. The van der Waals surface area contributed by atoms with Crippen LogP contribution in [0.1, 0.15) is 32.8 Å². The highest BCUT2D eigenvalue weighted by atomic mass is 35.5. The zero-order valence-corrected chi connectivity index (χ0v) is 27.5. The fraction of sp³-hybridized carbons (Fsp3) is 0.355. The number of sulfonamides is 1. The van der Waals surface area contributed by atoms with Crippen LogP contribution in [0.2, 0.25) is 10.0 Å². The largest absolute Gasteiger partial charge is 0.493 e. The van der Waals surface area contributed by atoms with Gasteiger partial charge >= 0.3 is 0 Å². The summed E-state index contributed by atoms with van der Waals surface area (Å²) in [6.07, 6.45) is 0.246. The summed E-state index contributed by atoms with van der Waals surface area (Å²) in [5.41, 5.74) is 0.625. The van der Waals surface area contributed by atoms with E-state index in [-0.39, 0.29) is 46.1 Å². The van der Waals surface area contributed by atoms with E-state index in [0.717, 1.165) is 16.4 Å². The van der Waals surface area contributed by atoms with Crippen LogP contribution in [0.4, 0.5) is 10.1 Å². The molecule has 3 aromatic carbocycles. The van der Waals surface area contributed by atoms with Crippen molar-refractivity contribution in [2.24, 2.45) is 5.92 Å². The van der Waals surface area contributed by atoms with E-state index in [4.69, 9.17) is 32.7 Å². The van der Waals surface area contributed by atoms with Gasteiger partial charge in [0.25, 0.3) is 10.0 Å². The third-order valence-corrected chi connectivity index (χ3v) is 9.25. The molecule has 0 aliphatic heterocycles. The van der Waals surface area contributed by atoms with Crippen molar-refractivity contribution in [3.05, 3.63) is 82.1 Å². The minimum absolute atomic E-state index is 0.0429. The highest BCUT2D eigenvalue weighted by Crippen LogP contribution is 2.33. The summed E-state index contributed by atoms with van der Waals surface area (Å²) in [6, 6.07) is 12.6. The topological polar surface area (TPSA) is 105 Å². The van der Waals surface area contributed by atoms with E-state index in [1.165, 1.54) is 49.5 Å². The first-order valence-electron chi connectivity index (χ1n) is 13.8. The van der Waals surface area contributed by atoms with E-state index in [1.807, 2.05) is 13.8 Å². The second-order valence-electron chi connectivity index (χ2n) is 10.3. The monoisotopic (exact) mass is 667 g/mol. The standard InChI is InChI=1S/C31H36Cl2FN3O6S/c1-6-27(31(39)35-17-20(2)3)36(18-21-7-13-25(32)26(33)15-21)30(38)19-37(23-10-8-22(34)9-11-23)44(40,41)24-12-14-28(42-4)29(16-24)43-5/h7-16,20,27H,6,17-19H2,1-5H3,(H,35,39). The van der Waals surface area contributed by atoms with Crippen LogP contribution >= 0.6 is 23.2 Å². The summed E-state index contributed by atoms with van der Waals surface area (Å²) in [6.45, 7) is 5.28. The van der Waals surface area contributed by atoms with E-state index >= 15 is 0 Å². The van der Waals surface area contributed by atoms with Gasteiger partial charge in [0.1, 0.15) is 18.4 Å². The third-order valence-electron chi connectivity index (χ3n) is 6.74. The lowest BCUT2D eigenvalue weighted by atomic mass is 10.1. The third kappa shape index (κ3) is 8.55. The maximum Gasteiger partial charge on any atom is 0.264 e. The number of halogens is 3. The molecule has 1 atom stereocenters. The lowest BCUT2D eigenvalue weighted by molar-refractivity contribution is -0.140. The molecule has 238 valence electrons. The molecule has 0 radical (unpaired) electrons. The van der Waals surface area contributed by atoms with Crippen LogP contribution in [0, 0.1) is 11.7 Å². The second kappa shape index (κ2) is 15.5. The number of methoxy groups -OCH3 is 2. The highest BCUT2D eigenvalue weighted by molar-refractivity contribution is 7.92. The van der Waals surface area contributed by atoms with E-state index in [0.29, 0.717) is 22.9 Å². The maximum absolute atomic E-state index is 14.2. The predicted octanol–water partition coefficient (Wildman–Crippen LogP) is 5.92. The molecule has 3 rings (SSSR count). The van der Waals surface area contributed by atoms with Gasteiger partial charge in [-0.25, -0.2) is 12.8 Å². The Labute approximate surface area is 267 Å². The molecule has 3 aromatic rings. The van der Waals surface area contributed by atoms with Crippen LogP contribution in [0.5, 0.6) is 11.5 Å². The average molecular weight is 669 g/mol. The minimum Gasteiger partial charge on any atom is -0.493 e. The number of carbonyl (C=O) groups excluding carboxylic acids is 2. The van der Waals surface area contributed by atoms with Gasteiger partial charge < -0.3 is 19.7 Å². The molecule has 1 unspecified atom stereocenters. The van der Waals surface area contributed by atoms with Gasteiger partial charge in [0, 0.05) is 19.2 Å². The Morgan fingerprint density at radius 3 is 2.16 bits per heavy atom. The summed E-state index contributed by atoms with van der Waals surface area (Å²) < 4.78 is 53.5. The Balaban J connectivity index is 2.10. The van der Waals surface area contributed by atoms with Crippen molar-refractivity contribution >= 4 is 50.7 Å². The van der Waals surface area contributed by atoms with Crippen LogP contribution < -0.4 is 19.1 Å². The second-order valence-corrected chi connectivity index (χ2v) is 13.0. The molecule has 0 aliphatic carbocycles. The van der Waals surface area contributed by atoms with E-state index in [9.17, 15) is 22.4 Å². The number of benzene rings is 3. The van der Waals surface area contributed by atoms with E-state index in [1.54, 1.807) is 25.1 Å². The Morgan fingerprint density at radius 1 is 0.932 bits per heavy atom. The molecule has 0 spiro atoms. The lowest BCUT2D eigenvalue weighted by Crippen LogP contribution is -2.52. The Bertz CT molecular complexity index is 1570. The Morgan fingerprint density at radius 2 is 1.59 bits per heavy atom. The van der Waals surface area contributed by atoms with Gasteiger partial charge in [-0.1, -0.05) is 50.0 Å². The minimum atomic E-state index is -4.42. The van der Waals surface area contributed by atoms with Gasteiger partial charge in [0.15, 0.2) is 11.5 Å². The molecule has 44 heavy (non-hydrogen) atoms. The summed E-state index contributed by atoms with van der Waals surface area (Å²) in [7, 11) is -1.64. The number of carbonyl (C=O) groups is 2. The van der Waals surface area contributed by atoms with E-state index < -0.39 is 34.3 Å². The Hall–Kier alpha value is -3.54. The maximum atomic E-state index is 14.2. The quantitative estimate of drug-likeness (QED) is 0.229. The van der Waals surface area contributed by atoms with Crippen LogP contribution in [-0.4, -0.2) is 58.5 Å². The molecule has 0 saturated carbocycles. The number of nitrogens with one attached hydrogen (secondary N) is 1. The molecule has 13 heteroatoms. The number of nitrogens with zero attached hydrogens (tertiary/aromatic N) is 2. The number of ether oxygens (including phenoxy) is 2. The van der Waals surface area contributed by atoms with Crippen LogP contribution in [0.25, 0.3) is 0 Å². The normalized spacial score (nSPS) is 12.0. The van der Waals surface area contributed by atoms with Crippen molar-refractivity contribution in [2.75, 3.05) is 31.6 Å². The zero-order chi connectivity index (χ0) is 32.6. The van der Waals surface area contributed by atoms with Crippen LogP contribution in [0.15, 0.2) is 65.6 Å². The first-order valence-corrected chi connectivity index (χ1v) is 16.0. The molecule has 0 heterocycles. The van der Waals surface area contributed by atoms with Crippen molar-refractivity contribution in [1.29, 1.82) is 0 Å². The molecule has 0 aromatic heterocycles. The van der Waals surface area contributed by atoms with Gasteiger partial charge in [-0.2, -0.15) is 0 Å². The zero-order valence-electron chi connectivity index (χ0n) is 25.1. The number of anilines is 1. The van der Waals surface area contributed by atoms with Crippen molar-refractivity contribution in [2.45, 2.75) is 44.7 Å². The van der Waals surface area contributed by atoms with Crippen molar-refractivity contribution < 1.29 is 31.9 Å². The van der Waals surface area contributed by atoms with E-state index in [2.05, 4.69) is 5.32 Å². The lowest BCUT2D eigenvalue weighted by Gasteiger charge is -2.33. The molecule has 0 bridgehead atoms.